The van der Waals surface area contributed by atoms with Gasteiger partial charge in [0.05, 0.1) is 25.6 Å². The second-order valence-electron chi connectivity index (χ2n) is 6.89. The van der Waals surface area contributed by atoms with Crippen molar-refractivity contribution in [3.05, 3.63) is 30.2 Å². The van der Waals surface area contributed by atoms with Crippen molar-refractivity contribution in [1.29, 1.82) is 0 Å². The lowest BCUT2D eigenvalue weighted by atomic mass is 10.0. The molecule has 4 heteroatoms. The largest absolute Gasteiger partial charge is 0.493 e. The molecule has 0 radical (unpaired) electrons. The van der Waals surface area contributed by atoms with Crippen molar-refractivity contribution in [2.75, 3.05) is 25.7 Å². The van der Waals surface area contributed by atoms with Crippen LogP contribution >= 0.6 is 0 Å². The standard InChI is InChI=1S/C22H30N2O2/c1-4-5-6-7-8-9-10-14-24-15-12-18-20-17(11-13-23-18)16-19(25-2)22(26-3)21(20)24/h11-13,15-16H,4-10,14H2,1-3H3. The van der Waals surface area contributed by atoms with E-state index in [1.54, 1.807) is 14.2 Å². The molecular weight excluding hydrogens is 324 g/mol. The van der Waals surface area contributed by atoms with Crippen molar-refractivity contribution >= 4 is 22.5 Å². The van der Waals surface area contributed by atoms with Crippen molar-refractivity contribution in [2.24, 2.45) is 0 Å². The molecule has 0 saturated carbocycles. The van der Waals surface area contributed by atoms with Gasteiger partial charge in [0.25, 0.3) is 0 Å². The predicted molar refractivity (Wildman–Crippen MR) is 109 cm³/mol. The van der Waals surface area contributed by atoms with E-state index in [0.717, 1.165) is 40.2 Å². The van der Waals surface area contributed by atoms with Crippen molar-refractivity contribution in [3.8, 4) is 11.5 Å². The van der Waals surface area contributed by atoms with Crippen LogP contribution in [-0.4, -0.2) is 25.7 Å². The summed E-state index contributed by atoms with van der Waals surface area (Å²) in [6.45, 7) is 3.24. The van der Waals surface area contributed by atoms with Gasteiger partial charge < -0.3 is 14.4 Å². The zero-order valence-electron chi connectivity index (χ0n) is 16.3. The molecule has 0 amide bonds. The number of hydrogen-bond acceptors (Lipinski definition) is 4. The number of pyridine rings is 1. The van der Waals surface area contributed by atoms with E-state index in [-0.39, 0.29) is 0 Å². The van der Waals surface area contributed by atoms with Crippen LogP contribution in [0.4, 0.5) is 5.69 Å². The molecule has 0 N–H and O–H groups in total. The van der Waals surface area contributed by atoms with Crippen molar-refractivity contribution in [1.82, 2.24) is 4.98 Å². The number of methoxy groups -OCH3 is 2. The number of nitrogens with zero attached hydrogens (tertiary/aromatic N) is 2. The fourth-order valence-electron chi connectivity index (χ4n) is 3.72. The highest BCUT2D eigenvalue weighted by atomic mass is 16.5. The Labute approximate surface area is 156 Å². The molecule has 0 atom stereocenters. The third-order valence-electron chi connectivity index (χ3n) is 5.10. The van der Waals surface area contributed by atoms with Gasteiger partial charge in [0.15, 0.2) is 11.5 Å². The summed E-state index contributed by atoms with van der Waals surface area (Å²) in [6, 6.07) is 4.07. The molecular formula is C22H30N2O2. The molecule has 3 rings (SSSR count). The molecule has 0 unspecified atom stereocenters. The number of anilines is 1. The molecule has 26 heavy (non-hydrogen) atoms. The summed E-state index contributed by atoms with van der Waals surface area (Å²) >= 11 is 0. The SMILES string of the molecule is CCCCCCCCCN1C=Cc2nccc3cc(OC)c(OC)c1c23. The van der Waals surface area contributed by atoms with E-state index in [2.05, 4.69) is 29.1 Å². The molecule has 0 aliphatic carbocycles. The van der Waals surface area contributed by atoms with Crippen LogP contribution in [0.2, 0.25) is 0 Å². The zero-order valence-corrected chi connectivity index (χ0v) is 16.3. The predicted octanol–water partition coefficient (Wildman–Crippen LogP) is 5.79. The molecule has 0 saturated heterocycles. The molecule has 1 aromatic heterocycles. The maximum Gasteiger partial charge on any atom is 0.185 e. The van der Waals surface area contributed by atoms with E-state index in [0.29, 0.717) is 0 Å². The lowest BCUT2D eigenvalue weighted by Gasteiger charge is -2.28. The normalized spacial score (nSPS) is 12.7. The van der Waals surface area contributed by atoms with E-state index < -0.39 is 0 Å². The average Bonchev–Trinajstić information content (AvgIpc) is 2.68. The van der Waals surface area contributed by atoms with Gasteiger partial charge in [0, 0.05) is 24.3 Å². The summed E-state index contributed by atoms with van der Waals surface area (Å²) in [4.78, 5) is 6.83. The number of unbranched alkanes of at least 4 members (excludes halogenated alkanes) is 6. The Balaban J connectivity index is 1.79. The van der Waals surface area contributed by atoms with Crippen molar-refractivity contribution in [2.45, 2.75) is 51.9 Å². The summed E-state index contributed by atoms with van der Waals surface area (Å²) in [6.07, 6.45) is 15.2. The van der Waals surface area contributed by atoms with Crippen LogP contribution < -0.4 is 14.4 Å². The number of hydrogen-bond donors (Lipinski definition) is 0. The lowest BCUT2D eigenvalue weighted by Crippen LogP contribution is -2.21. The van der Waals surface area contributed by atoms with Gasteiger partial charge in [-0.25, -0.2) is 0 Å². The smallest absolute Gasteiger partial charge is 0.185 e. The first-order valence-corrected chi connectivity index (χ1v) is 9.78. The molecule has 2 heterocycles. The summed E-state index contributed by atoms with van der Waals surface area (Å²) in [5.41, 5.74) is 2.08. The molecule has 1 aliphatic rings. The van der Waals surface area contributed by atoms with Crippen LogP contribution in [0.15, 0.2) is 24.5 Å². The highest BCUT2D eigenvalue weighted by molar-refractivity contribution is 6.05. The monoisotopic (exact) mass is 354 g/mol. The van der Waals surface area contributed by atoms with Gasteiger partial charge in [0.1, 0.15) is 0 Å². The number of aromatic nitrogens is 1. The Morgan fingerprint density at radius 2 is 1.77 bits per heavy atom. The Kier molecular flexibility index (Phi) is 6.37. The minimum absolute atomic E-state index is 0.770. The minimum atomic E-state index is 0.770. The molecule has 0 fully saturated rings. The quantitative estimate of drug-likeness (QED) is 0.506. The topological polar surface area (TPSA) is 34.6 Å². The molecule has 0 bridgehead atoms. The molecule has 140 valence electrons. The molecule has 2 aromatic rings. The van der Waals surface area contributed by atoms with Crippen LogP contribution in [0, 0.1) is 0 Å². The fourth-order valence-corrected chi connectivity index (χ4v) is 3.72. The summed E-state index contributed by atoms with van der Waals surface area (Å²) < 4.78 is 11.3. The van der Waals surface area contributed by atoms with Crippen LogP contribution in [-0.2, 0) is 0 Å². The lowest BCUT2D eigenvalue weighted by molar-refractivity contribution is 0.356. The van der Waals surface area contributed by atoms with Gasteiger partial charge in [-0.3, -0.25) is 4.98 Å². The van der Waals surface area contributed by atoms with E-state index >= 15 is 0 Å². The summed E-state index contributed by atoms with van der Waals surface area (Å²) in [7, 11) is 3.40. The number of rotatable bonds is 10. The number of ether oxygens (including phenoxy) is 2. The summed E-state index contributed by atoms with van der Waals surface area (Å²) in [5.74, 6) is 1.56. The van der Waals surface area contributed by atoms with Crippen LogP contribution in [0.3, 0.4) is 0 Å². The average molecular weight is 354 g/mol. The minimum Gasteiger partial charge on any atom is -0.493 e. The van der Waals surface area contributed by atoms with Gasteiger partial charge in [-0.05, 0) is 30.0 Å². The van der Waals surface area contributed by atoms with Gasteiger partial charge in [0.2, 0.25) is 0 Å². The number of benzene rings is 1. The van der Waals surface area contributed by atoms with Crippen LogP contribution in [0.1, 0.15) is 57.6 Å². The van der Waals surface area contributed by atoms with Crippen molar-refractivity contribution < 1.29 is 9.47 Å². The zero-order chi connectivity index (χ0) is 18.4. The van der Waals surface area contributed by atoms with Gasteiger partial charge in [-0.2, -0.15) is 0 Å². The van der Waals surface area contributed by atoms with Gasteiger partial charge in [-0.1, -0.05) is 45.4 Å². The second kappa shape index (κ2) is 8.93. The van der Waals surface area contributed by atoms with Gasteiger partial charge >= 0.3 is 0 Å². The fraction of sp³-hybridized carbons (Fsp3) is 0.500. The Hall–Kier alpha value is -2.23. The van der Waals surface area contributed by atoms with E-state index in [1.165, 1.54) is 44.9 Å². The third-order valence-corrected chi connectivity index (χ3v) is 5.10. The highest BCUT2D eigenvalue weighted by Gasteiger charge is 2.23. The van der Waals surface area contributed by atoms with Crippen LogP contribution in [0.5, 0.6) is 11.5 Å². The summed E-state index contributed by atoms with van der Waals surface area (Å²) in [5, 5.41) is 2.28. The van der Waals surface area contributed by atoms with Gasteiger partial charge in [-0.15, -0.1) is 0 Å². The Morgan fingerprint density at radius 1 is 1.00 bits per heavy atom. The van der Waals surface area contributed by atoms with E-state index in [9.17, 15) is 0 Å². The Morgan fingerprint density at radius 3 is 2.50 bits per heavy atom. The maximum absolute atomic E-state index is 5.73. The highest BCUT2D eigenvalue weighted by Crippen LogP contribution is 2.46. The Bertz CT molecular complexity index is 770. The first-order valence-electron chi connectivity index (χ1n) is 9.78. The maximum atomic E-state index is 5.73. The molecule has 1 aliphatic heterocycles. The second-order valence-corrected chi connectivity index (χ2v) is 6.89. The first kappa shape index (κ1) is 18.6. The van der Waals surface area contributed by atoms with Crippen LogP contribution in [0.25, 0.3) is 16.8 Å². The first-order chi connectivity index (χ1) is 12.8. The molecule has 1 aromatic carbocycles. The van der Waals surface area contributed by atoms with E-state index in [4.69, 9.17) is 9.47 Å². The van der Waals surface area contributed by atoms with Crippen molar-refractivity contribution in [3.63, 3.8) is 0 Å². The third kappa shape index (κ3) is 3.79. The molecule has 0 spiro atoms. The van der Waals surface area contributed by atoms with E-state index in [1.807, 2.05) is 18.3 Å². The molecule has 4 nitrogen and oxygen atoms in total.